The van der Waals surface area contributed by atoms with E-state index in [1.165, 1.54) is 7.11 Å². The number of anilines is 2. The van der Waals surface area contributed by atoms with Crippen molar-refractivity contribution in [3.8, 4) is 11.4 Å². The molecule has 0 spiro atoms. The number of methoxy groups -OCH3 is 1. The van der Waals surface area contributed by atoms with Crippen LogP contribution in [0.4, 0.5) is 11.4 Å². The smallest absolute Gasteiger partial charge is 0.229 e. The van der Waals surface area contributed by atoms with Crippen LogP contribution in [0.1, 0.15) is 40.3 Å². The highest BCUT2D eigenvalue weighted by atomic mass is 35.5. The molecule has 5 rings (SSSR count). The maximum absolute atomic E-state index is 11.9. The fraction of sp³-hybridized carbons (Fsp3) is 0.241. The molecular weight excluding hydrogens is 566 g/mol. The number of pyridine rings is 1. The van der Waals surface area contributed by atoms with Gasteiger partial charge in [-0.25, -0.2) is 8.42 Å². The van der Waals surface area contributed by atoms with Crippen LogP contribution in [-0.2, 0) is 10.0 Å². The number of rotatable bonds is 7. The number of ether oxygens (including phenoxy) is 1. The summed E-state index contributed by atoms with van der Waals surface area (Å²) in [4.78, 5) is 6.70. The molecule has 4 aromatic rings. The summed E-state index contributed by atoms with van der Waals surface area (Å²) in [5.41, 5.74) is 7.24. The van der Waals surface area contributed by atoms with E-state index in [4.69, 9.17) is 28.6 Å². The fourth-order valence-corrected chi connectivity index (χ4v) is 6.42. The Bertz CT molecular complexity index is 1710. The second-order valence-electron chi connectivity index (χ2n) is 9.85. The van der Waals surface area contributed by atoms with Crippen molar-refractivity contribution in [3.05, 3.63) is 100 Å². The summed E-state index contributed by atoms with van der Waals surface area (Å²) >= 11 is 12.3. The van der Waals surface area contributed by atoms with Crippen LogP contribution < -0.4 is 19.7 Å². The minimum Gasteiger partial charge on any atom is -0.494 e. The fourth-order valence-electron chi connectivity index (χ4n) is 5.34. The number of halogens is 1. The lowest BCUT2D eigenvalue weighted by Crippen LogP contribution is -2.29. The van der Waals surface area contributed by atoms with Crippen LogP contribution in [0, 0.1) is 20.8 Å². The van der Waals surface area contributed by atoms with E-state index in [0.717, 1.165) is 45.8 Å². The highest BCUT2D eigenvalue weighted by Crippen LogP contribution is 2.45. The lowest BCUT2D eigenvalue weighted by Gasteiger charge is -2.29. The van der Waals surface area contributed by atoms with Crippen molar-refractivity contribution in [1.29, 1.82) is 0 Å². The minimum atomic E-state index is -3.49. The quantitative estimate of drug-likeness (QED) is 0.253. The van der Waals surface area contributed by atoms with Gasteiger partial charge in [0, 0.05) is 40.0 Å². The maximum Gasteiger partial charge on any atom is 0.229 e. The average Bonchev–Trinajstić information content (AvgIpc) is 3.40. The summed E-state index contributed by atoms with van der Waals surface area (Å²) in [6.45, 7) is 6.24. The van der Waals surface area contributed by atoms with Crippen LogP contribution in [0.25, 0.3) is 5.69 Å². The molecule has 0 aliphatic carbocycles. The number of aromatic nitrogens is 2. The lowest BCUT2D eigenvalue weighted by molar-refractivity contribution is 0.417. The highest BCUT2D eigenvalue weighted by Gasteiger charge is 2.42. The molecule has 2 aromatic carbocycles. The van der Waals surface area contributed by atoms with Gasteiger partial charge in [0.25, 0.3) is 0 Å². The second-order valence-corrected chi connectivity index (χ2v) is 12.4. The third-order valence-electron chi connectivity index (χ3n) is 7.06. The normalized spacial score (nSPS) is 17.1. The van der Waals surface area contributed by atoms with Crippen molar-refractivity contribution in [1.82, 2.24) is 14.9 Å². The summed E-state index contributed by atoms with van der Waals surface area (Å²) in [7, 11) is -1.99. The zero-order valence-corrected chi connectivity index (χ0v) is 25.2. The molecule has 0 radical (unpaired) electrons. The van der Waals surface area contributed by atoms with Crippen molar-refractivity contribution in [2.45, 2.75) is 32.9 Å². The Kier molecular flexibility index (Phi) is 7.52. The van der Waals surface area contributed by atoms with Crippen LogP contribution in [0.2, 0.25) is 5.02 Å². The van der Waals surface area contributed by atoms with E-state index in [0.29, 0.717) is 21.6 Å². The van der Waals surface area contributed by atoms with Gasteiger partial charge in [0.1, 0.15) is 5.75 Å². The summed E-state index contributed by atoms with van der Waals surface area (Å²) in [5, 5.41) is 4.68. The van der Waals surface area contributed by atoms with Gasteiger partial charge in [-0.05, 0) is 86.6 Å². The molecule has 11 heteroatoms. The number of aryl methyl sites for hydroxylation is 2. The van der Waals surface area contributed by atoms with E-state index >= 15 is 0 Å². The molecule has 0 saturated carbocycles. The van der Waals surface area contributed by atoms with Crippen molar-refractivity contribution in [3.63, 3.8) is 0 Å². The lowest BCUT2D eigenvalue weighted by atomic mass is 9.96. The average molecular weight is 596 g/mol. The van der Waals surface area contributed by atoms with Crippen LogP contribution in [0.5, 0.6) is 5.75 Å². The SMILES string of the molecule is COc1cc(N2C(=S)N[C@H](c3ccccn3)[C@H]2c2cc(C)n(-c3cc(Cl)ccc3C)c2C)ccc1NS(C)(=O)=O. The van der Waals surface area contributed by atoms with Crippen LogP contribution in [0.3, 0.4) is 0 Å². The molecule has 2 atom stereocenters. The first-order valence-electron chi connectivity index (χ1n) is 12.6. The van der Waals surface area contributed by atoms with E-state index in [1.54, 1.807) is 18.3 Å². The number of nitrogens with one attached hydrogen (secondary N) is 2. The zero-order valence-electron chi connectivity index (χ0n) is 22.8. The predicted octanol–water partition coefficient (Wildman–Crippen LogP) is 6.01. The van der Waals surface area contributed by atoms with E-state index in [-0.39, 0.29) is 12.1 Å². The predicted molar refractivity (Wildman–Crippen MR) is 164 cm³/mol. The Morgan fingerprint density at radius 3 is 2.52 bits per heavy atom. The zero-order chi connectivity index (χ0) is 28.8. The molecule has 2 aromatic heterocycles. The van der Waals surface area contributed by atoms with Crippen LogP contribution >= 0.6 is 23.8 Å². The molecular formula is C29H30ClN5O3S2. The Balaban J connectivity index is 1.68. The van der Waals surface area contributed by atoms with Crippen LogP contribution in [-0.4, -0.2) is 36.4 Å². The van der Waals surface area contributed by atoms with Crippen molar-refractivity contribution < 1.29 is 13.2 Å². The van der Waals surface area contributed by atoms with Gasteiger partial charge in [-0.3, -0.25) is 9.71 Å². The maximum atomic E-state index is 11.9. The Hall–Kier alpha value is -3.60. The molecule has 1 fully saturated rings. The Morgan fingerprint density at radius 2 is 1.85 bits per heavy atom. The minimum absolute atomic E-state index is 0.247. The number of hydrogen-bond acceptors (Lipinski definition) is 5. The number of hydrogen-bond donors (Lipinski definition) is 2. The van der Waals surface area contributed by atoms with Crippen molar-refractivity contribution in [2.75, 3.05) is 23.0 Å². The molecule has 0 amide bonds. The molecule has 0 unspecified atom stereocenters. The molecule has 40 heavy (non-hydrogen) atoms. The standard InChI is InChI=1S/C29H30ClN5O3S2/c1-17-9-10-20(30)15-25(17)34-18(2)14-22(19(34)3)28-27(24-8-6-7-13-31-24)32-29(39)35(28)21-11-12-23(26(16-21)38-4)33-40(5,36)37/h6-16,27-28,33H,1-5H3,(H,32,39)/t27-,28-/m1/s1. The third-order valence-corrected chi connectivity index (χ3v) is 8.20. The number of nitrogens with zero attached hydrogens (tertiary/aromatic N) is 3. The van der Waals surface area contributed by atoms with Gasteiger partial charge in [-0.2, -0.15) is 0 Å². The summed E-state index contributed by atoms with van der Waals surface area (Å²) in [6.07, 6.45) is 2.87. The first-order chi connectivity index (χ1) is 19.0. The molecule has 2 N–H and O–H groups in total. The Labute approximate surface area is 245 Å². The molecule has 1 aliphatic rings. The van der Waals surface area contributed by atoms with E-state index in [9.17, 15) is 8.42 Å². The van der Waals surface area contributed by atoms with E-state index in [2.05, 4.69) is 46.4 Å². The third kappa shape index (κ3) is 5.26. The molecule has 3 heterocycles. The summed E-state index contributed by atoms with van der Waals surface area (Å²) in [6, 6.07) is 18.7. The number of benzene rings is 2. The topological polar surface area (TPSA) is 88.5 Å². The van der Waals surface area contributed by atoms with Gasteiger partial charge in [-0.15, -0.1) is 0 Å². The monoisotopic (exact) mass is 595 g/mol. The first-order valence-corrected chi connectivity index (χ1v) is 15.3. The van der Waals surface area contributed by atoms with Crippen molar-refractivity contribution in [2.24, 2.45) is 0 Å². The Morgan fingerprint density at radius 1 is 1.07 bits per heavy atom. The molecule has 1 saturated heterocycles. The largest absolute Gasteiger partial charge is 0.494 e. The van der Waals surface area contributed by atoms with Gasteiger partial charge >= 0.3 is 0 Å². The molecule has 1 aliphatic heterocycles. The summed E-state index contributed by atoms with van der Waals surface area (Å²) < 4.78 is 34.1. The van der Waals surface area contributed by atoms with Gasteiger partial charge in [0.15, 0.2) is 5.11 Å². The van der Waals surface area contributed by atoms with Crippen molar-refractivity contribution >= 4 is 50.3 Å². The van der Waals surface area contributed by atoms with Gasteiger partial charge < -0.3 is 19.5 Å². The van der Waals surface area contributed by atoms with Gasteiger partial charge in [0.05, 0.1) is 36.8 Å². The second kappa shape index (κ2) is 10.8. The van der Waals surface area contributed by atoms with E-state index < -0.39 is 10.0 Å². The summed E-state index contributed by atoms with van der Waals surface area (Å²) in [5.74, 6) is 0.380. The van der Waals surface area contributed by atoms with Gasteiger partial charge in [0.2, 0.25) is 10.0 Å². The first kappa shape index (κ1) is 27.9. The molecule has 0 bridgehead atoms. The number of sulfonamides is 1. The van der Waals surface area contributed by atoms with Gasteiger partial charge in [-0.1, -0.05) is 23.7 Å². The molecule has 8 nitrogen and oxygen atoms in total. The highest BCUT2D eigenvalue weighted by molar-refractivity contribution is 7.92. The molecule has 208 valence electrons. The van der Waals surface area contributed by atoms with Crippen LogP contribution in [0.15, 0.2) is 66.9 Å². The van der Waals surface area contributed by atoms with E-state index in [1.807, 2.05) is 47.4 Å². The number of thiocarbonyl (C=S) groups is 1.